The van der Waals surface area contributed by atoms with Gasteiger partial charge in [0, 0.05) is 15.6 Å². The van der Waals surface area contributed by atoms with Crippen LogP contribution in [-0.2, 0) is 5.41 Å². The maximum Gasteiger partial charge on any atom is 0.216 e. The van der Waals surface area contributed by atoms with Crippen LogP contribution in [0.2, 0.25) is 0 Å². The number of nitrogens with zero attached hydrogens (tertiary/aromatic N) is 3. The van der Waals surface area contributed by atoms with E-state index in [2.05, 4.69) is 76.3 Å². The molecule has 1 heterocycles. The molecule has 4 nitrogen and oxygen atoms in total. The van der Waals surface area contributed by atoms with Gasteiger partial charge in [-0.1, -0.05) is 79.2 Å². The molecule has 0 aliphatic rings. The Bertz CT molecular complexity index is 962. The van der Waals surface area contributed by atoms with E-state index < -0.39 is 0 Å². The van der Waals surface area contributed by atoms with Crippen LogP contribution >= 0.6 is 28.1 Å². The zero-order valence-electron chi connectivity index (χ0n) is 14.3. The summed E-state index contributed by atoms with van der Waals surface area (Å²) in [6.07, 6.45) is 1.77. The first-order valence-electron chi connectivity index (χ1n) is 7.93. The molecule has 128 valence electrons. The predicted octanol–water partition coefficient (Wildman–Crippen LogP) is 5.55. The van der Waals surface area contributed by atoms with Gasteiger partial charge in [-0.05, 0) is 29.3 Å². The molecule has 0 saturated heterocycles. The summed E-state index contributed by atoms with van der Waals surface area (Å²) in [6, 6.07) is 16.2. The monoisotopic (exact) mass is 414 g/mol. The Labute approximate surface area is 160 Å². The largest absolute Gasteiger partial charge is 0.250 e. The molecule has 0 bridgehead atoms. The zero-order valence-corrected chi connectivity index (χ0v) is 16.7. The Morgan fingerprint density at radius 1 is 1.12 bits per heavy atom. The van der Waals surface area contributed by atoms with Crippen LogP contribution in [0.15, 0.2) is 58.1 Å². The zero-order chi connectivity index (χ0) is 18.0. The Morgan fingerprint density at radius 3 is 2.44 bits per heavy atom. The molecule has 0 spiro atoms. The molecule has 1 N–H and O–H groups in total. The van der Waals surface area contributed by atoms with Crippen molar-refractivity contribution in [3.05, 3.63) is 68.9 Å². The lowest BCUT2D eigenvalue weighted by molar-refractivity contribution is 0.590. The highest BCUT2D eigenvalue weighted by atomic mass is 79.9. The molecule has 0 fully saturated rings. The van der Waals surface area contributed by atoms with Gasteiger partial charge in [-0.2, -0.15) is 14.9 Å². The lowest BCUT2D eigenvalue weighted by atomic mass is 9.87. The van der Waals surface area contributed by atoms with E-state index in [9.17, 15) is 0 Å². The Balaban J connectivity index is 1.97. The minimum atomic E-state index is 0.112. The molecule has 0 aliphatic carbocycles. The summed E-state index contributed by atoms with van der Waals surface area (Å²) < 4.78 is 3.07. The smallest absolute Gasteiger partial charge is 0.216 e. The standard InChI is InChI=1S/C19H19BrN4S/c1-19(2,3)15-10-8-13(9-11-15)17-22-23-18(25)24(17)21-12-14-6-4-5-7-16(14)20/h4-12H,1-3H3,(H,23,25). The van der Waals surface area contributed by atoms with E-state index in [4.69, 9.17) is 12.2 Å². The van der Waals surface area contributed by atoms with E-state index in [0.29, 0.717) is 10.6 Å². The number of hydrogen-bond acceptors (Lipinski definition) is 3. The van der Waals surface area contributed by atoms with Crippen molar-refractivity contribution in [3.63, 3.8) is 0 Å². The van der Waals surface area contributed by atoms with Crippen LogP contribution in [0.4, 0.5) is 0 Å². The maximum atomic E-state index is 5.33. The maximum absolute atomic E-state index is 5.33. The number of aromatic nitrogens is 3. The summed E-state index contributed by atoms with van der Waals surface area (Å²) in [7, 11) is 0. The summed E-state index contributed by atoms with van der Waals surface area (Å²) in [5.74, 6) is 0.689. The summed E-state index contributed by atoms with van der Waals surface area (Å²) in [4.78, 5) is 0. The minimum Gasteiger partial charge on any atom is -0.250 e. The van der Waals surface area contributed by atoms with Crippen molar-refractivity contribution in [1.29, 1.82) is 0 Å². The number of H-pyrrole nitrogens is 1. The van der Waals surface area contributed by atoms with Gasteiger partial charge in [-0.25, -0.2) is 5.10 Å². The van der Waals surface area contributed by atoms with E-state index in [1.165, 1.54) is 5.56 Å². The Kier molecular flexibility index (Phi) is 5.01. The molecule has 1 aromatic heterocycles. The van der Waals surface area contributed by atoms with Crippen LogP contribution in [0.1, 0.15) is 31.9 Å². The molecular formula is C19H19BrN4S. The fraction of sp³-hybridized carbons (Fsp3) is 0.211. The molecule has 0 saturated carbocycles. The molecule has 0 radical (unpaired) electrons. The summed E-state index contributed by atoms with van der Waals surface area (Å²) >= 11 is 8.84. The molecule has 0 atom stereocenters. The minimum absolute atomic E-state index is 0.112. The fourth-order valence-electron chi connectivity index (χ4n) is 2.40. The van der Waals surface area contributed by atoms with Gasteiger partial charge >= 0.3 is 0 Å². The molecule has 0 amide bonds. The van der Waals surface area contributed by atoms with Gasteiger partial charge in [0.15, 0.2) is 5.82 Å². The van der Waals surface area contributed by atoms with Crippen molar-refractivity contribution in [2.45, 2.75) is 26.2 Å². The molecule has 0 aliphatic heterocycles. The van der Waals surface area contributed by atoms with E-state index in [-0.39, 0.29) is 5.41 Å². The SMILES string of the molecule is CC(C)(C)c1ccc(-c2n[nH]c(=S)n2N=Cc2ccccc2Br)cc1. The second-order valence-electron chi connectivity index (χ2n) is 6.76. The lowest BCUT2D eigenvalue weighted by Gasteiger charge is -2.18. The van der Waals surface area contributed by atoms with Crippen LogP contribution in [0.3, 0.4) is 0 Å². The third-order valence-electron chi connectivity index (χ3n) is 3.88. The van der Waals surface area contributed by atoms with Crippen molar-refractivity contribution < 1.29 is 0 Å². The third kappa shape index (κ3) is 3.96. The topological polar surface area (TPSA) is 46.0 Å². The number of halogens is 1. The molecule has 0 unspecified atom stereocenters. The van der Waals surface area contributed by atoms with Gasteiger partial charge in [0.2, 0.25) is 4.77 Å². The van der Waals surface area contributed by atoms with Crippen LogP contribution < -0.4 is 0 Å². The number of aromatic amines is 1. The van der Waals surface area contributed by atoms with Gasteiger partial charge in [0.05, 0.1) is 6.21 Å². The third-order valence-corrected chi connectivity index (χ3v) is 4.86. The van der Waals surface area contributed by atoms with Crippen LogP contribution in [0.25, 0.3) is 11.4 Å². The van der Waals surface area contributed by atoms with E-state index >= 15 is 0 Å². The first-order valence-corrected chi connectivity index (χ1v) is 9.13. The lowest BCUT2D eigenvalue weighted by Crippen LogP contribution is -2.10. The highest BCUT2D eigenvalue weighted by Crippen LogP contribution is 2.25. The van der Waals surface area contributed by atoms with Crippen LogP contribution in [0, 0.1) is 4.77 Å². The van der Waals surface area contributed by atoms with Gasteiger partial charge < -0.3 is 0 Å². The predicted molar refractivity (Wildman–Crippen MR) is 109 cm³/mol. The quantitative estimate of drug-likeness (QED) is 0.450. The van der Waals surface area contributed by atoms with Crippen molar-refractivity contribution >= 4 is 34.4 Å². The Morgan fingerprint density at radius 2 is 1.80 bits per heavy atom. The van der Waals surface area contributed by atoms with E-state index in [1.807, 2.05) is 24.3 Å². The van der Waals surface area contributed by atoms with Crippen molar-refractivity contribution in [2.75, 3.05) is 0 Å². The summed E-state index contributed by atoms with van der Waals surface area (Å²) in [5.41, 5.74) is 3.32. The number of rotatable bonds is 3. The van der Waals surface area contributed by atoms with Gasteiger partial charge in [-0.3, -0.25) is 0 Å². The molecular weight excluding hydrogens is 396 g/mol. The molecule has 6 heteroatoms. The average molecular weight is 415 g/mol. The fourth-order valence-corrected chi connectivity index (χ4v) is 2.97. The second-order valence-corrected chi connectivity index (χ2v) is 8.00. The first-order chi connectivity index (χ1) is 11.9. The van der Waals surface area contributed by atoms with Gasteiger partial charge in [-0.15, -0.1) is 0 Å². The highest BCUT2D eigenvalue weighted by molar-refractivity contribution is 9.10. The molecule has 3 rings (SSSR count). The average Bonchev–Trinajstić information content (AvgIpc) is 2.94. The second kappa shape index (κ2) is 7.06. The van der Waals surface area contributed by atoms with Crippen molar-refractivity contribution in [1.82, 2.24) is 14.9 Å². The normalized spacial score (nSPS) is 12.0. The molecule has 3 aromatic rings. The summed E-state index contributed by atoms with van der Waals surface area (Å²) in [6.45, 7) is 6.58. The molecule has 2 aromatic carbocycles. The van der Waals surface area contributed by atoms with E-state index in [0.717, 1.165) is 15.6 Å². The van der Waals surface area contributed by atoms with Crippen LogP contribution in [0.5, 0.6) is 0 Å². The number of nitrogens with one attached hydrogen (secondary N) is 1. The number of hydrogen-bond donors (Lipinski definition) is 1. The summed E-state index contributed by atoms with van der Waals surface area (Å²) in [5, 5.41) is 11.7. The van der Waals surface area contributed by atoms with Gasteiger partial charge in [0.1, 0.15) is 0 Å². The van der Waals surface area contributed by atoms with Crippen LogP contribution in [-0.4, -0.2) is 21.1 Å². The van der Waals surface area contributed by atoms with Crippen molar-refractivity contribution in [2.24, 2.45) is 5.10 Å². The van der Waals surface area contributed by atoms with E-state index in [1.54, 1.807) is 10.9 Å². The Hall–Kier alpha value is -2.05. The number of benzene rings is 2. The highest BCUT2D eigenvalue weighted by Gasteiger charge is 2.14. The molecule has 25 heavy (non-hydrogen) atoms. The van der Waals surface area contributed by atoms with Gasteiger partial charge in [0.25, 0.3) is 0 Å². The van der Waals surface area contributed by atoms with Crippen molar-refractivity contribution in [3.8, 4) is 11.4 Å². The first kappa shape index (κ1) is 17.8.